The van der Waals surface area contributed by atoms with Gasteiger partial charge in [0.25, 0.3) is 0 Å². The van der Waals surface area contributed by atoms with Crippen LogP contribution in [0.3, 0.4) is 0 Å². The van der Waals surface area contributed by atoms with Gasteiger partial charge in [-0.05, 0) is 5.41 Å². The number of Topliss-reactive ketones (excluding diaryl/α,β-unsaturated/α-hetero) is 1. The van der Waals surface area contributed by atoms with Crippen LogP contribution in [0.1, 0.15) is 10.4 Å². The molecule has 0 bridgehead atoms. The lowest BCUT2D eigenvalue weighted by atomic mass is 10.0. The summed E-state index contributed by atoms with van der Waals surface area (Å²) in [5.74, 6) is 0.119. The molecule has 2 atom stereocenters. The quantitative estimate of drug-likeness (QED) is 0.749. The third kappa shape index (κ3) is 1.74. The van der Waals surface area contributed by atoms with E-state index in [9.17, 15) is 4.79 Å². The van der Waals surface area contributed by atoms with Gasteiger partial charge in [-0.2, -0.15) is 0 Å². The van der Waals surface area contributed by atoms with Crippen molar-refractivity contribution in [2.24, 2.45) is 5.73 Å². The number of carbonyl (C=O) groups is 1. The van der Waals surface area contributed by atoms with Crippen molar-refractivity contribution in [1.82, 2.24) is 0 Å². The summed E-state index contributed by atoms with van der Waals surface area (Å²) >= 11 is 1.50. The van der Waals surface area contributed by atoms with Crippen molar-refractivity contribution in [3.8, 4) is 0 Å². The number of hydrogen-bond acceptors (Lipinski definition) is 3. The molecule has 14 heavy (non-hydrogen) atoms. The van der Waals surface area contributed by atoms with Gasteiger partial charge >= 0.3 is 0 Å². The Balaban J connectivity index is 2.17. The lowest BCUT2D eigenvalue weighted by Gasteiger charge is -2.12. The van der Waals surface area contributed by atoms with Crippen molar-refractivity contribution in [2.75, 3.05) is 0 Å². The molecule has 2 unspecified atom stereocenters. The number of benzene rings is 1. The zero-order chi connectivity index (χ0) is 9.97. The van der Waals surface area contributed by atoms with E-state index in [0.29, 0.717) is 0 Å². The fraction of sp³-hybridized carbons (Fsp3) is 0.182. The highest BCUT2D eigenvalue weighted by molar-refractivity contribution is 8.03. The van der Waals surface area contributed by atoms with E-state index < -0.39 is 0 Å². The van der Waals surface area contributed by atoms with Crippen LogP contribution in [-0.4, -0.2) is 17.1 Å². The maximum Gasteiger partial charge on any atom is 0.178 e. The standard InChI is InChI=1S/C11H11NOS/c12-9-6-7-14-11(9)10(13)8-4-2-1-3-5-8/h1-7,9,11H,12H2. The number of ketones is 1. The summed E-state index contributed by atoms with van der Waals surface area (Å²) in [6.45, 7) is 0. The smallest absolute Gasteiger partial charge is 0.178 e. The van der Waals surface area contributed by atoms with E-state index in [4.69, 9.17) is 5.73 Å². The Labute approximate surface area is 87.2 Å². The second-order valence-electron chi connectivity index (χ2n) is 3.19. The maximum atomic E-state index is 11.9. The first kappa shape index (κ1) is 9.49. The van der Waals surface area contributed by atoms with Crippen molar-refractivity contribution in [2.45, 2.75) is 11.3 Å². The molecule has 2 rings (SSSR count). The third-order valence-electron chi connectivity index (χ3n) is 2.19. The molecule has 0 amide bonds. The molecule has 0 saturated carbocycles. The number of carbonyl (C=O) groups excluding carboxylic acids is 1. The molecule has 72 valence electrons. The van der Waals surface area contributed by atoms with Crippen LogP contribution >= 0.6 is 11.8 Å². The number of thioether (sulfide) groups is 1. The second-order valence-corrected chi connectivity index (χ2v) is 4.25. The van der Waals surface area contributed by atoms with E-state index >= 15 is 0 Å². The maximum absolute atomic E-state index is 11.9. The first-order chi connectivity index (χ1) is 6.79. The van der Waals surface area contributed by atoms with Gasteiger partial charge in [0.2, 0.25) is 0 Å². The molecule has 1 aliphatic rings. The highest BCUT2D eigenvalue weighted by Crippen LogP contribution is 2.26. The molecule has 0 radical (unpaired) electrons. The molecule has 0 aromatic heterocycles. The third-order valence-corrected chi connectivity index (χ3v) is 3.33. The SMILES string of the molecule is NC1C=CSC1C(=O)c1ccccc1. The Morgan fingerprint density at radius 3 is 2.57 bits per heavy atom. The van der Waals surface area contributed by atoms with Crippen LogP contribution in [0.25, 0.3) is 0 Å². The Kier molecular flexibility index (Phi) is 2.70. The van der Waals surface area contributed by atoms with E-state index in [0.717, 1.165) is 5.56 Å². The summed E-state index contributed by atoms with van der Waals surface area (Å²) in [5.41, 5.74) is 6.53. The minimum atomic E-state index is -0.146. The van der Waals surface area contributed by atoms with Gasteiger partial charge in [-0.15, -0.1) is 11.8 Å². The molecule has 1 heterocycles. The number of nitrogens with two attached hydrogens (primary N) is 1. The van der Waals surface area contributed by atoms with Gasteiger partial charge in [-0.1, -0.05) is 36.4 Å². The van der Waals surface area contributed by atoms with E-state index in [1.54, 1.807) is 0 Å². The molecule has 0 aliphatic carbocycles. The summed E-state index contributed by atoms with van der Waals surface area (Å²) in [6, 6.07) is 9.14. The van der Waals surface area contributed by atoms with Gasteiger partial charge in [0.15, 0.2) is 5.78 Å². The molecule has 1 aromatic carbocycles. The van der Waals surface area contributed by atoms with Gasteiger partial charge < -0.3 is 5.73 Å². The van der Waals surface area contributed by atoms with Gasteiger partial charge in [0.1, 0.15) is 0 Å². The minimum absolute atomic E-state index is 0.119. The van der Waals surface area contributed by atoms with Crippen molar-refractivity contribution < 1.29 is 4.79 Å². The normalized spacial score (nSPS) is 25.2. The summed E-state index contributed by atoms with van der Waals surface area (Å²) in [7, 11) is 0. The topological polar surface area (TPSA) is 43.1 Å². The Bertz CT molecular complexity index is 361. The molecule has 1 aliphatic heterocycles. The zero-order valence-electron chi connectivity index (χ0n) is 7.59. The summed E-state index contributed by atoms with van der Waals surface area (Å²) in [4.78, 5) is 11.9. The Hall–Kier alpha value is -1.06. The van der Waals surface area contributed by atoms with Crippen LogP contribution in [-0.2, 0) is 0 Å². The van der Waals surface area contributed by atoms with Gasteiger partial charge in [-0.3, -0.25) is 4.79 Å². The zero-order valence-corrected chi connectivity index (χ0v) is 8.41. The highest BCUT2D eigenvalue weighted by atomic mass is 32.2. The predicted octanol–water partition coefficient (Wildman–Crippen LogP) is 1.83. The van der Waals surface area contributed by atoms with Crippen LogP contribution in [0, 0.1) is 0 Å². The Morgan fingerprint density at radius 1 is 1.29 bits per heavy atom. The molecular formula is C11H11NOS. The van der Waals surface area contributed by atoms with Gasteiger partial charge in [0, 0.05) is 11.6 Å². The second kappa shape index (κ2) is 3.98. The fourth-order valence-electron chi connectivity index (χ4n) is 1.42. The van der Waals surface area contributed by atoms with Crippen LogP contribution in [0.2, 0.25) is 0 Å². The lowest BCUT2D eigenvalue weighted by molar-refractivity contribution is 0.0987. The van der Waals surface area contributed by atoms with Crippen LogP contribution in [0.5, 0.6) is 0 Å². The molecular weight excluding hydrogens is 194 g/mol. The highest BCUT2D eigenvalue weighted by Gasteiger charge is 2.27. The van der Waals surface area contributed by atoms with E-state index in [2.05, 4.69) is 0 Å². The Morgan fingerprint density at radius 2 is 2.00 bits per heavy atom. The molecule has 1 aromatic rings. The first-order valence-corrected chi connectivity index (χ1v) is 5.40. The van der Waals surface area contributed by atoms with E-state index in [1.165, 1.54) is 11.8 Å². The van der Waals surface area contributed by atoms with Crippen LogP contribution in [0.15, 0.2) is 41.8 Å². The van der Waals surface area contributed by atoms with Crippen molar-refractivity contribution in [3.63, 3.8) is 0 Å². The predicted molar refractivity (Wildman–Crippen MR) is 59.3 cm³/mol. The van der Waals surface area contributed by atoms with Crippen LogP contribution in [0.4, 0.5) is 0 Å². The lowest BCUT2D eigenvalue weighted by Crippen LogP contribution is -2.33. The van der Waals surface area contributed by atoms with Crippen molar-refractivity contribution in [1.29, 1.82) is 0 Å². The molecule has 0 fully saturated rings. The number of hydrogen-bond donors (Lipinski definition) is 1. The van der Waals surface area contributed by atoms with E-state index in [-0.39, 0.29) is 17.1 Å². The summed E-state index contributed by atoms with van der Waals surface area (Å²) in [6.07, 6.45) is 1.87. The molecule has 2 nitrogen and oxygen atoms in total. The number of rotatable bonds is 2. The molecule has 0 saturated heterocycles. The van der Waals surface area contributed by atoms with Gasteiger partial charge in [0.05, 0.1) is 5.25 Å². The summed E-state index contributed by atoms with van der Waals surface area (Å²) < 4.78 is 0. The van der Waals surface area contributed by atoms with Crippen molar-refractivity contribution >= 4 is 17.5 Å². The average molecular weight is 205 g/mol. The first-order valence-electron chi connectivity index (χ1n) is 4.46. The average Bonchev–Trinajstić information content (AvgIpc) is 2.65. The fourth-order valence-corrected chi connectivity index (χ4v) is 2.39. The molecule has 3 heteroatoms. The van der Waals surface area contributed by atoms with Crippen LogP contribution < -0.4 is 5.73 Å². The van der Waals surface area contributed by atoms with Crippen molar-refractivity contribution in [3.05, 3.63) is 47.4 Å². The molecule has 2 N–H and O–H groups in total. The monoisotopic (exact) mass is 205 g/mol. The van der Waals surface area contributed by atoms with E-state index in [1.807, 2.05) is 41.8 Å². The minimum Gasteiger partial charge on any atom is -0.323 e. The molecule has 0 spiro atoms. The van der Waals surface area contributed by atoms with Gasteiger partial charge in [-0.25, -0.2) is 0 Å². The summed E-state index contributed by atoms with van der Waals surface area (Å²) in [5, 5.41) is 1.76. The largest absolute Gasteiger partial charge is 0.323 e.